The van der Waals surface area contributed by atoms with Crippen molar-refractivity contribution in [2.24, 2.45) is 0 Å². The molecule has 0 saturated carbocycles. The Morgan fingerprint density at radius 1 is 1.07 bits per heavy atom. The van der Waals surface area contributed by atoms with Gasteiger partial charge < -0.3 is 4.90 Å². The van der Waals surface area contributed by atoms with Crippen molar-refractivity contribution in [3.63, 3.8) is 0 Å². The van der Waals surface area contributed by atoms with Gasteiger partial charge in [0.2, 0.25) is 0 Å². The third-order valence-corrected chi connectivity index (χ3v) is 2.62. The molecule has 2 rings (SSSR count). The fraction of sp³-hybridized carbons (Fsp3) is 0.400. The molecule has 1 nitrogen and oxygen atoms in total. The highest BCUT2D eigenvalue weighted by molar-refractivity contribution is 6.30. The van der Waals surface area contributed by atoms with E-state index in [4.69, 9.17) is 11.6 Å². The summed E-state index contributed by atoms with van der Waals surface area (Å²) in [5.74, 6) is -1.14. The number of nitrogens with zero attached hydrogens (tertiary/aromatic N) is 1. The van der Waals surface area contributed by atoms with E-state index in [0.717, 1.165) is 38.1 Å². The predicted octanol–water partition coefficient (Wildman–Crippen LogP) is 3.22. The molecule has 1 aromatic rings. The van der Waals surface area contributed by atoms with Crippen LogP contribution in [0.5, 0.6) is 0 Å². The molecule has 0 unspecified atom stereocenters. The van der Waals surface area contributed by atoms with Gasteiger partial charge >= 0.3 is 0 Å². The lowest BCUT2D eigenvalue weighted by atomic mass is 10.2. The first-order valence-corrected chi connectivity index (χ1v) is 4.96. The van der Waals surface area contributed by atoms with Crippen LogP contribution >= 0.6 is 11.6 Å². The summed E-state index contributed by atoms with van der Waals surface area (Å²) < 4.78 is 26.8. The lowest BCUT2D eigenvalue weighted by Gasteiger charge is -2.18. The average Bonchev–Trinajstić information content (AvgIpc) is 2.54. The molecule has 0 spiro atoms. The number of benzene rings is 1. The van der Waals surface area contributed by atoms with Gasteiger partial charge in [0.1, 0.15) is 5.69 Å². The molecule has 1 fully saturated rings. The second-order valence-corrected chi connectivity index (χ2v) is 3.85. The molecule has 0 amide bonds. The zero-order valence-electron chi connectivity index (χ0n) is 7.56. The van der Waals surface area contributed by atoms with Crippen molar-refractivity contribution in [2.75, 3.05) is 18.0 Å². The molecule has 0 aliphatic carbocycles. The Balaban J connectivity index is 2.40. The summed E-state index contributed by atoms with van der Waals surface area (Å²) in [4.78, 5) is 1.72. The molecule has 0 atom stereocenters. The van der Waals surface area contributed by atoms with Crippen molar-refractivity contribution >= 4 is 17.3 Å². The van der Waals surface area contributed by atoms with Crippen molar-refractivity contribution in [1.82, 2.24) is 0 Å². The topological polar surface area (TPSA) is 3.24 Å². The van der Waals surface area contributed by atoms with Gasteiger partial charge in [-0.2, -0.15) is 0 Å². The zero-order chi connectivity index (χ0) is 10.1. The van der Waals surface area contributed by atoms with Gasteiger partial charge in [0, 0.05) is 18.1 Å². The first kappa shape index (κ1) is 9.71. The van der Waals surface area contributed by atoms with E-state index in [9.17, 15) is 8.78 Å². The number of hydrogen-bond acceptors (Lipinski definition) is 1. The van der Waals surface area contributed by atoms with Crippen LogP contribution in [0.4, 0.5) is 14.5 Å². The average molecular weight is 218 g/mol. The summed E-state index contributed by atoms with van der Waals surface area (Å²) in [7, 11) is 0. The summed E-state index contributed by atoms with van der Waals surface area (Å²) in [5, 5.41) is 0.1000. The van der Waals surface area contributed by atoms with Gasteiger partial charge in [-0.3, -0.25) is 0 Å². The fourth-order valence-corrected chi connectivity index (χ4v) is 1.97. The van der Waals surface area contributed by atoms with Crippen LogP contribution in [0.25, 0.3) is 0 Å². The lowest BCUT2D eigenvalue weighted by Crippen LogP contribution is -2.20. The molecule has 4 heteroatoms. The fourth-order valence-electron chi connectivity index (χ4n) is 1.78. The van der Waals surface area contributed by atoms with Crippen molar-refractivity contribution in [3.8, 4) is 0 Å². The minimum Gasteiger partial charge on any atom is -0.367 e. The maximum Gasteiger partial charge on any atom is 0.150 e. The second-order valence-electron chi connectivity index (χ2n) is 3.41. The minimum absolute atomic E-state index is 0.0619. The maximum absolute atomic E-state index is 13.4. The Labute approximate surface area is 86.3 Å². The molecule has 0 aromatic heterocycles. The smallest absolute Gasteiger partial charge is 0.150 e. The largest absolute Gasteiger partial charge is 0.367 e. The quantitative estimate of drug-likeness (QED) is 0.698. The lowest BCUT2D eigenvalue weighted by molar-refractivity contribution is 0.578. The molecule has 76 valence electrons. The molecule has 1 saturated heterocycles. The normalized spacial score (nSPS) is 16.4. The third kappa shape index (κ3) is 1.69. The van der Waals surface area contributed by atoms with Gasteiger partial charge in [-0.1, -0.05) is 11.6 Å². The zero-order valence-corrected chi connectivity index (χ0v) is 8.32. The van der Waals surface area contributed by atoms with E-state index in [2.05, 4.69) is 0 Å². The van der Waals surface area contributed by atoms with Crippen LogP contribution in [-0.4, -0.2) is 13.1 Å². The molecular formula is C10H10ClF2N. The Kier molecular flexibility index (Phi) is 2.59. The monoisotopic (exact) mass is 217 g/mol. The van der Waals surface area contributed by atoms with E-state index in [-0.39, 0.29) is 10.7 Å². The standard InChI is InChI=1S/C10H10ClF2N/c11-7-5-8(12)10(9(13)6-7)14-3-1-2-4-14/h5-6H,1-4H2. The van der Waals surface area contributed by atoms with Gasteiger partial charge in [-0.25, -0.2) is 8.78 Å². The summed E-state index contributed by atoms with van der Waals surface area (Å²) in [6.45, 7) is 1.44. The second kappa shape index (κ2) is 3.73. The Hall–Kier alpha value is -0.830. The van der Waals surface area contributed by atoms with Crippen molar-refractivity contribution in [2.45, 2.75) is 12.8 Å². The molecule has 1 heterocycles. The van der Waals surface area contributed by atoms with Gasteiger partial charge in [-0.15, -0.1) is 0 Å². The molecule has 1 aliphatic rings. The van der Waals surface area contributed by atoms with Crippen LogP contribution in [0.15, 0.2) is 12.1 Å². The summed E-state index contributed by atoms with van der Waals surface area (Å²) in [6.07, 6.45) is 1.98. The number of rotatable bonds is 1. The number of hydrogen-bond donors (Lipinski definition) is 0. The van der Waals surface area contributed by atoms with Gasteiger partial charge in [0.15, 0.2) is 11.6 Å². The van der Waals surface area contributed by atoms with Gasteiger partial charge in [0.25, 0.3) is 0 Å². The van der Waals surface area contributed by atoms with Crippen molar-refractivity contribution < 1.29 is 8.78 Å². The highest BCUT2D eigenvalue weighted by Gasteiger charge is 2.20. The van der Waals surface area contributed by atoms with E-state index in [1.807, 2.05) is 0 Å². The summed E-state index contributed by atoms with van der Waals surface area (Å²) in [5.41, 5.74) is 0.0619. The van der Waals surface area contributed by atoms with Crippen LogP contribution in [0.2, 0.25) is 5.02 Å². The van der Waals surface area contributed by atoms with E-state index in [1.165, 1.54) is 0 Å². The summed E-state index contributed by atoms with van der Waals surface area (Å²) >= 11 is 5.53. The SMILES string of the molecule is Fc1cc(Cl)cc(F)c1N1CCCC1. The van der Waals surface area contributed by atoms with E-state index in [1.54, 1.807) is 4.90 Å². The Morgan fingerprint density at radius 2 is 1.57 bits per heavy atom. The molecule has 1 aromatic carbocycles. The van der Waals surface area contributed by atoms with Gasteiger partial charge in [-0.05, 0) is 25.0 Å². The minimum atomic E-state index is -0.572. The van der Waals surface area contributed by atoms with Crippen molar-refractivity contribution in [3.05, 3.63) is 28.8 Å². The Morgan fingerprint density at radius 3 is 2.07 bits per heavy atom. The van der Waals surface area contributed by atoms with Crippen LogP contribution in [0.3, 0.4) is 0 Å². The Bertz CT molecular complexity index is 325. The van der Waals surface area contributed by atoms with Crippen LogP contribution < -0.4 is 4.90 Å². The van der Waals surface area contributed by atoms with E-state index < -0.39 is 11.6 Å². The molecule has 14 heavy (non-hydrogen) atoms. The van der Waals surface area contributed by atoms with Crippen molar-refractivity contribution in [1.29, 1.82) is 0 Å². The number of anilines is 1. The van der Waals surface area contributed by atoms with Crippen LogP contribution in [0.1, 0.15) is 12.8 Å². The molecule has 0 bridgehead atoms. The van der Waals surface area contributed by atoms with Gasteiger partial charge in [0.05, 0.1) is 0 Å². The summed E-state index contributed by atoms with van der Waals surface area (Å²) in [6, 6.07) is 2.30. The molecule has 0 radical (unpaired) electrons. The molecule has 1 aliphatic heterocycles. The first-order valence-electron chi connectivity index (χ1n) is 4.58. The highest BCUT2D eigenvalue weighted by atomic mass is 35.5. The third-order valence-electron chi connectivity index (χ3n) is 2.40. The molecular weight excluding hydrogens is 208 g/mol. The highest BCUT2D eigenvalue weighted by Crippen LogP contribution is 2.29. The maximum atomic E-state index is 13.4. The van der Waals surface area contributed by atoms with Crippen LogP contribution in [0, 0.1) is 11.6 Å². The molecule has 0 N–H and O–H groups in total. The predicted molar refractivity (Wildman–Crippen MR) is 52.8 cm³/mol. The van der Waals surface area contributed by atoms with Crippen LogP contribution in [-0.2, 0) is 0 Å². The first-order chi connectivity index (χ1) is 6.68. The van der Waals surface area contributed by atoms with E-state index in [0.29, 0.717) is 0 Å². The number of halogens is 3. The van der Waals surface area contributed by atoms with E-state index >= 15 is 0 Å².